The van der Waals surface area contributed by atoms with E-state index in [4.69, 9.17) is 5.11 Å². The molecular formula is C7H13NO2S. The molecule has 0 aromatic rings. The van der Waals surface area contributed by atoms with Gasteiger partial charge in [0.25, 0.3) is 0 Å². The van der Waals surface area contributed by atoms with Gasteiger partial charge in [0, 0.05) is 0 Å². The molecule has 0 bridgehead atoms. The molecule has 64 valence electrons. The van der Waals surface area contributed by atoms with E-state index in [2.05, 4.69) is 5.32 Å². The van der Waals surface area contributed by atoms with Gasteiger partial charge in [0.05, 0.1) is 6.54 Å². The van der Waals surface area contributed by atoms with Gasteiger partial charge in [-0.3, -0.25) is 4.79 Å². The summed E-state index contributed by atoms with van der Waals surface area (Å²) in [4.78, 5) is 10.1. The molecule has 0 aliphatic carbocycles. The van der Waals surface area contributed by atoms with Crippen LogP contribution in [0.3, 0.4) is 0 Å². The number of hydrogen-bond acceptors (Lipinski definition) is 3. The van der Waals surface area contributed by atoms with Crippen molar-refractivity contribution < 1.29 is 9.90 Å². The highest BCUT2D eigenvalue weighted by atomic mass is 32.2. The number of carboxylic acid groups (broad SMARTS) is 1. The van der Waals surface area contributed by atoms with Crippen molar-refractivity contribution in [3.8, 4) is 0 Å². The van der Waals surface area contributed by atoms with Crippen molar-refractivity contribution in [1.29, 1.82) is 0 Å². The average Bonchev–Trinajstić information content (AvgIpc) is 2.39. The fourth-order valence-electron chi connectivity index (χ4n) is 1.13. The molecule has 1 heterocycles. The van der Waals surface area contributed by atoms with Crippen molar-refractivity contribution in [3.05, 3.63) is 0 Å². The molecule has 0 radical (unpaired) electrons. The third-order valence-electron chi connectivity index (χ3n) is 1.73. The van der Waals surface area contributed by atoms with E-state index in [9.17, 15) is 4.79 Å². The van der Waals surface area contributed by atoms with Crippen molar-refractivity contribution in [2.24, 2.45) is 5.92 Å². The van der Waals surface area contributed by atoms with Gasteiger partial charge in [0.1, 0.15) is 0 Å². The van der Waals surface area contributed by atoms with E-state index in [-0.39, 0.29) is 6.54 Å². The zero-order valence-corrected chi connectivity index (χ0v) is 7.19. The van der Waals surface area contributed by atoms with E-state index < -0.39 is 5.97 Å². The molecule has 3 nitrogen and oxygen atoms in total. The fraction of sp³-hybridized carbons (Fsp3) is 0.857. The predicted molar refractivity (Wildman–Crippen MR) is 45.9 cm³/mol. The first kappa shape index (κ1) is 8.87. The number of hydrogen-bond donors (Lipinski definition) is 2. The van der Waals surface area contributed by atoms with Crippen molar-refractivity contribution in [2.45, 2.75) is 6.42 Å². The molecule has 1 rings (SSSR count). The summed E-state index contributed by atoms with van der Waals surface area (Å²) in [6.45, 7) is 0.959. The highest BCUT2D eigenvalue weighted by Crippen LogP contribution is 2.22. The molecule has 1 atom stereocenters. The van der Waals surface area contributed by atoms with Gasteiger partial charge in [-0.25, -0.2) is 0 Å². The van der Waals surface area contributed by atoms with E-state index in [1.807, 2.05) is 11.8 Å². The lowest BCUT2D eigenvalue weighted by atomic mass is 10.1. The maximum Gasteiger partial charge on any atom is 0.317 e. The van der Waals surface area contributed by atoms with Crippen LogP contribution in [0.15, 0.2) is 0 Å². The molecule has 2 N–H and O–H groups in total. The maximum atomic E-state index is 10.1. The van der Waals surface area contributed by atoms with E-state index in [0.717, 1.165) is 6.54 Å². The minimum absolute atomic E-state index is 0.0984. The average molecular weight is 175 g/mol. The number of carbonyl (C=O) groups is 1. The van der Waals surface area contributed by atoms with Crippen molar-refractivity contribution in [3.63, 3.8) is 0 Å². The number of rotatable bonds is 4. The monoisotopic (exact) mass is 175 g/mol. The molecule has 0 spiro atoms. The van der Waals surface area contributed by atoms with Gasteiger partial charge in [0.2, 0.25) is 0 Å². The van der Waals surface area contributed by atoms with Crippen LogP contribution in [-0.2, 0) is 4.79 Å². The molecule has 0 aromatic carbocycles. The second-order valence-corrected chi connectivity index (χ2v) is 3.90. The highest BCUT2D eigenvalue weighted by Gasteiger charge is 2.14. The summed E-state index contributed by atoms with van der Waals surface area (Å²) in [7, 11) is 0. The summed E-state index contributed by atoms with van der Waals surface area (Å²) < 4.78 is 0. The number of nitrogens with one attached hydrogen (secondary N) is 1. The lowest BCUT2D eigenvalue weighted by molar-refractivity contribution is -0.135. The first-order valence-corrected chi connectivity index (χ1v) is 4.95. The number of aliphatic carboxylic acids is 1. The van der Waals surface area contributed by atoms with Crippen LogP contribution >= 0.6 is 11.8 Å². The molecule has 1 aliphatic heterocycles. The van der Waals surface area contributed by atoms with Gasteiger partial charge in [0.15, 0.2) is 0 Å². The maximum absolute atomic E-state index is 10.1. The Morgan fingerprint density at radius 1 is 1.73 bits per heavy atom. The fourth-order valence-corrected chi connectivity index (χ4v) is 2.41. The first-order chi connectivity index (χ1) is 5.29. The van der Waals surface area contributed by atoms with Crippen molar-refractivity contribution >= 4 is 17.7 Å². The molecule has 1 saturated heterocycles. The van der Waals surface area contributed by atoms with Gasteiger partial charge in [-0.1, -0.05) is 0 Å². The standard InChI is InChI=1S/C7H13NO2S/c9-7(10)4-8-3-6-1-2-11-5-6/h6,8H,1-5H2,(H,9,10). The summed E-state index contributed by atoms with van der Waals surface area (Å²) >= 11 is 1.95. The van der Waals surface area contributed by atoms with E-state index in [1.54, 1.807) is 0 Å². The van der Waals surface area contributed by atoms with E-state index >= 15 is 0 Å². The molecular weight excluding hydrogens is 162 g/mol. The smallest absolute Gasteiger partial charge is 0.317 e. The highest BCUT2D eigenvalue weighted by molar-refractivity contribution is 7.99. The molecule has 11 heavy (non-hydrogen) atoms. The van der Waals surface area contributed by atoms with Crippen molar-refractivity contribution in [1.82, 2.24) is 5.32 Å². The number of thioether (sulfide) groups is 1. The van der Waals surface area contributed by atoms with E-state index in [1.165, 1.54) is 17.9 Å². The summed E-state index contributed by atoms with van der Waals surface area (Å²) in [5.74, 6) is 2.35. The van der Waals surface area contributed by atoms with Gasteiger partial charge in [-0.15, -0.1) is 0 Å². The summed E-state index contributed by atoms with van der Waals surface area (Å²) in [5, 5.41) is 11.2. The minimum Gasteiger partial charge on any atom is -0.480 e. The Balaban J connectivity index is 1.98. The topological polar surface area (TPSA) is 49.3 Å². The van der Waals surface area contributed by atoms with Crippen LogP contribution in [0.25, 0.3) is 0 Å². The predicted octanol–water partition coefficient (Wildman–Crippen LogP) is 0.414. The molecule has 0 saturated carbocycles. The molecule has 1 unspecified atom stereocenters. The van der Waals surface area contributed by atoms with Gasteiger partial charge in [-0.05, 0) is 30.4 Å². The molecule has 1 aliphatic rings. The zero-order chi connectivity index (χ0) is 8.10. The molecule has 0 aromatic heterocycles. The van der Waals surface area contributed by atoms with Crippen LogP contribution in [-0.4, -0.2) is 35.7 Å². The van der Waals surface area contributed by atoms with Crippen LogP contribution in [0.2, 0.25) is 0 Å². The third-order valence-corrected chi connectivity index (χ3v) is 2.96. The van der Waals surface area contributed by atoms with Gasteiger partial charge in [-0.2, -0.15) is 11.8 Å². The van der Waals surface area contributed by atoms with Crippen LogP contribution in [0.4, 0.5) is 0 Å². The molecule has 0 amide bonds. The van der Waals surface area contributed by atoms with Crippen LogP contribution in [0, 0.1) is 5.92 Å². The largest absolute Gasteiger partial charge is 0.480 e. The lowest BCUT2D eigenvalue weighted by Gasteiger charge is -2.06. The Kier molecular flexibility index (Phi) is 3.72. The Morgan fingerprint density at radius 3 is 3.09 bits per heavy atom. The van der Waals surface area contributed by atoms with Crippen molar-refractivity contribution in [2.75, 3.05) is 24.6 Å². The van der Waals surface area contributed by atoms with Crippen LogP contribution in [0.1, 0.15) is 6.42 Å². The second-order valence-electron chi connectivity index (χ2n) is 2.75. The van der Waals surface area contributed by atoms with Gasteiger partial charge < -0.3 is 10.4 Å². The summed E-state index contributed by atoms with van der Waals surface area (Å²) in [5.41, 5.74) is 0. The van der Waals surface area contributed by atoms with Gasteiger partial charge >= 0.3 is 5.97 Å². The zero-order valence-electron chi connectivity index (χ0n) is 6.38. The lowest BCUT2D eigenvalue weighted by Crippen LogP contribution is -2.28. The Labute approximate surface area is 70.6 Å². The summed E-state index contributed by atoms with van der Waals surface area (Å²) in [6, 6.07) is 0. The minimum atomic E-state index is -0.768. The SMILES string of the molecule is O=C(O)CNCC1CCSC1. The third kappa shape index (κ3) is 3.62. The normalized spacial score (nSPS) is 23.8. The second kappa shape index (κ2) is 4.62. The Bertz CT molecular complexity index is 134. The van der Waals surface area contributed by atoms with Crippen LogP contribution in [0.5, 0.6) is 0 Å². The number of carboxylic acids is 1. The quantitative estimate of drug-likeness (QED) is 0.650. The summed E-state index contributed by atoms with van der Waals surface area (Å²) in [6.07, 6.45) is 1.23. The van der Waals surface area contributed by atoms with Crippen LogP contribution < -0.4 is 5.32 Å². The van der Waals surface area contributed by atoms with E-state index in [0.29, 0.717) is 5.92 Å². The Hall–Kier alpha value is -0.220. The Morgan fingerprint density at radius 2 is 2.55 bits per heavy atom. The first-order valence-electron chi connectivity index (χ1n) is 3.79. The molecule has 4 heteroatoms. The molecule has 1 fully saturated rings.